The number of likely N-dealkylation sites (N-methyl/N-ethyl adjacent to an activating group) is 1. The van der Waals surface area contributed by atoms with Gasteiger partial charge in [-0.05, 0) is 44.5 Å². The van der Waals surface area contributed by atoms with E-state index in [1.54, 1.807) is 12.4 Å². The molecule has 0 bridgehead atoms. The van der Waals surface area contributed by atoms with Crippen LogP contribution in [0.15, 0.2) is 24.5 Å². The second-order valence-corrected chi connectivity index (χ2v) is 6.09. The average Bonchev–Trinajstić information content (AvgIpc) is 2.39. The fourth-order valence-corrected chi connectivity index (χ4v) is 3.29. The van der Waals surface area contributed by atoms with E-state index in [9.17, 15) is 4.79 Å². The van der Waals surface area contributed by atoms with Crippen LogP contribution in [0, 0.1) is 5.92 Å². The summed E-state index contributed by atoms with van der Waals surface area (Å²) < 4.78 is 0. The van der Waals surface area contributed by atoms with Gasteiger partial charge in [0.05, 0.1) is 5.54 Å². The number of nitrogens with zero attached hydrogens (tertiary/aromatic N) is 2. The summed E-state index contributed by atoms with van der Waals surface area (Å²) in [5.41, 5.74) is 0.750. The Labute approximate surface area is 116 Å². The van der Waals surface area contributed by atoms with Crippen LogP contribution in [0.25, 0.3) is 0 Å². The SMILES string of the molecule is CC1CCCC(C(=O)Cc2cccnc2)(N(C)C)C1. The van der Waals surface area contributed by atoms with Gasteiger partial charge in [0.25, 0.3) is 0 Å². The smallest absolute Gasteiger partial charge is 0.157 e. The highest BCUT2D eigenvalue weighted by molar-refractivity contribution is 5.90. The Morgan fingerprint density at radius 3 is 2.89 bits per heavy atom. The predicted octanol–water partition coefficient (Wildman–Crippen LogP) is 2.70. The van der Waals surface area contributed by atoms with Gasteiger partial charge in [0.15, 0.2) is 5.78 Å². The first-order valence-electron chi connectivity index (χ1n) is 7.14. The maximum absolute atomic E-state index is 12.8. The van der Waals surface area contributed by atoms with Gasteiger partial charge in [0.2, 0.25) is 0 Å². The molecule has 1 aromatic rings. The molecule has 3 nitrogen and oxygen atoms in total. The summed E-state index contributed by atoms with van der Waals surface area (Å²) in [4.78, 5) is 19.0. The summed E-state index contributed by atoms with van der Waals surface area (Å²) in [5.74, 6) is 0.978. The summed E-state index contributed by atoms with van der Waals surface area (Å²) >= 11 is 0. The minimum atomic E-state index is -0.270. The highest BCUT2D eigenvalue weighted by Crippen LogP contribution is 2.37. The molecule has 1 aliphatic carbocycles. The minimum absolute atomic E-state index is 0.270. The van der Waals surface area contributed by atoms with E-state index in [0.717, 1.165) is 24.8 Å². The number of ketones is 1. The van der Waals surface area contributed by atoms with Crippen molar-refractivity contribution in [3.8, 4) is 0 Å². The highest BCUT2D eigenvalue weighted by atomic mass is 16.1. The molecule has 1 saturated carbocycles. The lowest BCUT2D eigenvalue weighted by atomic mass is 9.72. The van der Waals surface area contributed by atoms with Gasteiger partial charge in [-0.25, -0.2) is 0 Å². The van der Waals surface area contributed by atoms with Gasteiger partial charge >= 0.3 is 0 Å². The van der Waals surface area contributed by atoms with Crippen molar-refractivity contribution in [3.05, 3.63) is 30.1 Å². The van der Waals surface area contributed by atoms with Crippen molar-refractivity contribution in [2.45, 2.75) is 44.6 Å². The van der Waals surface area contributed by atoms with Gasteiger partial charge in [0, 0.05) is 18.8 Å². The zero-order valence-corrected chi connectivity index (χ0v) is 12.2. The van der Waals surface area contributed by atoms with E-state index >= 15 is 0 Å². The van der Waals surface area contributed by atoms with Crippen LogP contribution >= 0.6 is 0 Å². The molecule has 1 aromatic heterocycles. The zero-order valence-electron chi connectivity index (χ0n) is 12.2. The van der Waals surface area contributed by atoms with Gasteiger partial charge in [-0.1, -0.05) is 25.8 Å². The van der Waals surface area contributed by atoms with Gasteiger partial charge in [0.1, 0.15) is 0 Å². The van der Waals surface area contributed by atoms with E-state index < -0.39 is 0 Å². The topological polar surface area (TPSA) is 33.2 Å². The molecule has 0 amide bonds. The van der Waals surface area contributed by atoms with E-state index in [1.165, 1.54) is 6.42 Å². The van der Waals surface area contributed by atoms with E-state index in [4.69, 9.17) is 0 Å². The van der Waals surface area contributed by atoms with Crippen molar-refractivity contribution >= 4 is 5.78 Å². The van der Waals surface area contributed by atoms with E-state index in [-0.39, 0.29) is 5.54 Å². The number of Topliss-reactive ketones (excluding diaryl/α,β-unsaturated/α-hetero) is 1. The molecule has 0 aromatic carbocycles. The third-order valence-corrected chi connectivity index (χ3v) is 4.44. The molecule has 2 rings (SSSR count). The summed E-state index contributed by atoms with van der Waals surface area (Å²) in [6, 6.07) is 3.88. The standard InChI is InChI=1S/C16H24N2O/c1-13-6-4-8-16(11-13,18(2)3)15(19)10-14-7-5-9-17-12-14/h5,7,9,12-13H,4,6,8,10-11H2,1-3H3. The van der Waals surface area contributed by atoms with Crippen LogP contribution in [0.3, 0.4) is 0 Å². The molecule has 0 saturated heterocycles. The molecular formula is C16H24N2O. The van der Waals surface area contributed by atoms with Crippen LogP contribution in [0.1, 0.15) is 38.2 Å². The van der Waals surface area contributed by atoms with Crippen LogP contribution in [-0.2, 0) is 11.2 Å². The van der Waals surface area contributed by atoms with Crippen molar-refractivity contribution in [1.29, 1.82) is 0 Å². The Morgan fingerprint density at radius 1 is 1.53 bits per heavy atom. The number of carbonyl (C=O) groups excluding carboxylic acids is 1. The minimum Gasteiger partial charge on any atom is -0.297 e. The predicted molar refractivity (Wildman–Crippen MR) is 77.0 cm³/mol. The van der Waals surface area contributed by atoms with E-state index in [2.05, 4.69) is 16.8 Å². The molecular weight excluding hydrogens is 236 g/mol. The molecule has 3 heteroatoms. The summed E-state index contributed by atoms with van der Waals surface area (Å²) in [6.45, 7) is 2.26. The van der Waals surface area contributed by atoms with Crippen molar-refractivity contribution < 1.29 is 4.79 Å². The first kappa shape index (κ1) is 14.2. The highest BCUT2D eigenvalue weighted by Gasteiger charge is 2.42. The maximum Gasteiger partial charge on any atom is 0.157 e. The Hall–Kier alpha value is -1.22. The largest absolute Gasteiger partial charge is 0.297 e. The zero-order chi connectivity index (χ0) is 13.9. The van der Waals surface area contributed by atoms with Crippen molar-refractivity contribution in [3.63, 3.8) is 0 Å². The monoisotopic (exact) mass is 260 g/mol. The lowest BCUT2D eigenvalue weighted by Gasteiger charge is -2.44. The second kappa shape index (κ2) is 5.83. The van der Waals surface area contributed by atoms with Crippen molar-refractivity contribution in [1.82, 2.24) is 9.88 Å². The molecule has 0 spiro atoms. The number of pyridine rings is 1. The summed E-state index contributed by atoms with van der Waals surface area (Å²) in [5, 5.41) is 0. The first-order chi connectivity index (χ1) is 9.04. The lowest BCUT2D eigenvalue weighted by Crippen LogP contribution is -2.54. The molecule has 0 radical (unpaired) electrons. The quantitative estimate of drug-likeness (QED) is 0.834. The molecule has 19 heavy (non-hydrogen) atoms. The summed E-state index contributed by atoms with van der Waals surface area (Å²) in [7, 11) is 4.08. The van der Waals surface area contributed by atoms with Crippen molar-refractivity contribution in [2.24, 2.45) is 5.92 Å². The molecule has 104 valence electrons. The van der Waals surface area contributed by atoms with E-state index in [1.807, 2.05) is 26.2 Å². The fourth-order valence-electron chi connectivity index (χ4n) is 3.29. The third kappa shape index (κ3) is 3.03. The fraction of sp³-hybridized carbons (Fsp3) is 0.625. The lowest BCUT2D eigenvalue weighted by molar-refractivity contribution is -0.132. The van der Waals surface area contributed by atoms with Gasteiger partial charge in [-0.15, -0.1) is 0 Å². The Kier molecular flexibility index (Phi) is 4.35. The van der Waals surface area contributed by atoms with Crippen molar-refractivity contribution in [2.75, 3.05) is 14.1 Å². The van der Waals surface area contributed by atoms with Gasteiger partial charge in [-0.3, -0.25) is 14.7 Å². The van der Waals surface area contributed by atoms with Crippen LogP contribution in [0.2, 0.25) is 0 Å². The second-order valence-electron chi connectivity index (χ2n) is 6.09. The van der Waals surface area contributed by atoms with E-state index in [0.29, 0.717) is 18.1 Å². The number of carbonyl (C=O) groups is 1. The molecule has 1 aliphatic rings. The maximum atomic E-state index is 12.8. The van der Waals surface area contributed by atoms with Crippen LogP contribution in [-0.4, -0.2) is 35.3 Å². The van der Waals surface area contributed by atoms with Crippen LogP contribution in [0.4, 0.5) is 0 Å². The first-order valence-corrected chi connectivity index (χ1v) is 7.14. The number of hydrogen-bond donors (Lipinski definition) is 0. The number of hydrogen-bond acceptors (Lipinski definition) is 3. The molecule has 2 unspecified atom stereocenters. The Balaban J connectivity index is 2.17. The summed E-state index contributed by atoms with van der Waals surface area (Å²) in [6.07, 6.45) is 8.42. The molecule has 0 N–H and O–H groups in total. The Bertz CT molecular complexity index is 430. The molecule has 1 fully saturated rings. The number of aromatic nitrogens is 1. The normalized spacial score (nSPS) is 27.5. The van der Waals surface area contributed by atoms with Crippen LogP contribution in [0.5, 0.6) is 0 Å². The molecule has 2 atom stereocenters. The van der Waals surface area contributed by atoms with Gasteiger partial charge < -0.3 is 0 Å². The Morgan fingerprint density at radius 2 is 2.32 bits per heavy atom. The van der Waals surface area contributed by atoms with Crippen LogP contribution < -0.4 is 0 Å². The average molecular weight is 260 g/mol. The molecule has 1 heterocycles. The number of rotatable bonds is 4. The third-order valence-electron chi connectivity index (χ3n) is 4.44. The molecule has 0 aliphatic heterocycles. The van der Waals surface area contributed by atoms with Gasteiger partial charge in [-0.2, -0.15) is 0 Å².